The maximum atomic E-state index is 14.2. The fraction of sp³-hybridized carbons (Fsp3) is 0.586. The van der Waals surface area contributed by atoms with Crippen LogP contribution in [0.3, 0.4) is 0 Å². The van der Waals surface area contributed by atoms with Crippen LogP contribution in [0.15, 0.2) is 30.8 Å². The Morgan fingerprint density at radius 3 is 2.51 bits per heavy atom. The number of hydrogen-bond acceptors (Lipinski definition) is 7. The van der Waals surface area contributed by atoms with Gasteiger partial charge in [0.1, 0.15) is 17.7 Å². The van der Waals surface area contributed by atoms with Gasteiger partial charge in [0.2, 0.25) is 11.8 Å². The van der Waals surface area contributed by atoms with E-state index in [4.69, 9.17) is 9.47 Å². The van der Waals surface area contributed by atoms with Crippen molar-refractivity contribution in [2.45, 2.75) is 83.5 Å². The lowest BCUT2D eigenvalue weighted by Crippen LogP contribution is -2.57. The maximum absolute atomic E-state index is 14.2. The molecule has 0 spiro atoms. The van der Waals surface area contributed by atoms with E-state index >= 15 is 0 Å². The van der Waals surface area contributed by atoms with Gasteiger partial charge in [-0.25, -0.2) is 4.79 Å². The van der Waals surface area contributed by atoms with E-state index in [0.29, 0.717) is 17.7 Å². The fourth-order valence-corrected chi connectivity index (χ4v) is 4.69. The second-order valence-corrected chi connectivity index (χ2v) is 11.4. The standard InChI is InChI=1S/C29H43N3O6S/c1-7-20-11-9-12-21(19-20)25(26(34)30-17-15-24(33)37-8-2)32(22-13-10-14-22)27(35)23(16-18-39-6)31-28(36)38-29(3,4)5/h7,9,11-12,19,22-23,25H,1,8,10,13-18H2,2-6H3,(H,30,34)(H,31,36). The van der Waals surface area contributed by atoms with Gasteiger partial charge >= 0.3 is 12.1 Å². The van der Waals surface area contributed by atoms with Crippen LogP contribution in [0.5, 0.6) is 0 Å². The Morgan fingerprint density at radius 1 is 1.23 bits per heavy atom. The van der Waals surface area contributed by atoms with Crippen molar-refractivity contribution < 1.29 is 28.7 Å². The average molecular weight is 562 g/mol. The van der Waals surface area contributed by atoms with Crippen LogP contribution < -0.4 is 10.6 Å². The van der Waals surface area contributed by atoms with Gasteiger partial charge in [0.15, 0.2) is 0 Å². The zero-order valence-corrected chi connectivity index (χ0v) is 24.6. The third kappa shape index (κ3) is 10.2. The topological polar surface area (TPSA) is 114 Å². The van der Waals surface area contributed by atoms with Crippen molar-refractivity contribution in [3.63, 3.8) is 0 Å². The molecule has 0 heterocycles. The minimum Gasteiger partial charge on any atom is -0.466 e. The number of ether oxygens (including phenoxy) is 2. The van der Waals surface area contributed by atoms with Gasteiger partial charge in [0.05, 0.1) is 13.0 Å². The van der Waals surface area contributed by atoms with Crippen molar-refractivity contribution in [3.05, 3.63) is 42.0 Å². The summed E-state index contributed by atoms with van der Waals surface area (Å²) >= 11 is 1.56. The molecular weight excluding hydrogens is 518 g/mol. The lowest BCUT2D eigenvalue weighted by molar-refractivity contribution is -0.148. The van der Waals surface area contributed by atoms with Crippen molar-refractivity contribution in [2.24, 2.45) is 0 Å². The molecule has 1 aliphatic rings. The number of esters is 1. The molecule has 0 radical (unpaired) electrons. The van der Waals surface area contributed by atoms with E-state index in [2.05, 4.69) is 17.2 Å². The van der Waals surface area contributed by atoms with Crippen LogP contribution in [-0.4, -0.2) is 71.6 Å². The third-order valence-electron chi connectivity index (χ3n) is 6.24. The number of rotatable bonds is 14. The molecule has 2 N–H and O–H groups in total. The number of thioether (sulfide) groups is 1. The summed E-state index contributed by atoms with van der Waals surface area (Å²) < 4.78 is 10.4. The van der Waals surface area contributed by atoms with Crippen LogP contribution in [-0.2, 0) is 23.9 Å². The highest BCUT2D eigenvalue weighted by Gasteiger charge is 2.41. The van der Waals surface area contributed by atoms with Crippen LogP contribution >= 0.6 is 11.8 Å². The molecule has 0 saturated heterocycles. The second-order valence-electron chi connectivity index (χ2n) is 10.4. The predicted molar refractivity (Wildman–Crippen MR) is 154 cm³/mol. The summed E-state index contributed by atoms with van der Waals surface area (Å²) in [5.41, 5.74) is 0.711. The first-order valence-electron chi connectivity index (χ1n) is 13.5. The van der Waals surface area contributed by atoms with Crippen LogP contribution in [0, 0.1) is 0 Å². The molecule has 39 heavy (non-hydrogen) atoms. The van der Waals surface area contributed by atoms with Crippen LogP contribution in [0.2, 0.25) is 0 Å². The summed E-state index contributed by atoms with van der Waals surface area (Å²) in [5.74, 6) is -0.517. The quantitative estimate of drug-likeness (QED) is 0.322. The molecule has 1 aromatic rings. The molecule has 10 heteroatoms. The Kier molecular flexibility index (Phi) is 12.8. The Balaban J connectivity index is 2.44. The number of benzene rings is 1. The van der Waals surface area contributed by atoms with Crippen molar-refractivity contribution in [1.29, 1.82) is 0 Å². The number of carbonyl (C=O) groups is 4. The normalized spacial score (nSPS) is 14.8. The van der Waals surface area contributed by atoms with Crippen LogP contribution in [0.4, 0.5) is 4.79 Å². The lowest BCUT2D eigenvalue weighted by Gasteiger charge is -2.43. The molecular formula is C29H43N3O6S. The number of carbonyl (C=O) groups excluding carboxylic acids is 4. The predicted octanol–water partition coefficient (Wildman–Crippen LogP) is 4.47. The summed E-state index contributed by atoms with van der Waals surface area (Å²) in [5, 5.41) is 5.58. The Bertz CT molecular complexity index is 1000. The van der Waals surface area contributed by atoms with Gasteiger partial charge in [-0.3, -0.25) is 14.4 Å². The van der Waals surface area contributed by atoms with E-state index in [0.717, 1.165) is 24.8 Å². The summed E-state index contributed by atoms with van der Waals surface area (Å²) in [6, 6.07) is 5.33. The molecule has 1 aromatic carbocycles. The summed E-state index contributed by atoms with van der Waals surface area (Å²) in [6.45, 7) is 11.2. The van der Waals surface area contributed by atoms with Crippen molar-refractivity contribution in [3.8, 4) is 0 Å². The molecule has 2 unspecified atom stereocenters. The monoisotopic (exact) mass is 561 g/mol. The van der Waals surface area contributed by atoms with Crippen molar-refractivity contribution in [1.82, 2.24) is 15.5 Å². The molecule has 2 rings (SSSR count). The summed E-state index contributed by atoms with van der Waals surface area (Å²) in [4.78, 5) is 54.1. The second kappa shape index (κ2) is 15.5. The van der Waals surface area contributed by atoms with Crippen LogP contribution in [0.1, 0.15) is 77.0 Å². The molecule has 0 aromatic heterocycles. The van der Waals surface area contributed by atoms with Gasteiger partial charge in [0.25, 0.3) is 0 Å². The van der Waals surface area contributed by atoms with E-state index < -0.39 is 35.7 Å². The number of alkyl carbamates (subject to hydrolysis) is 1. The largest absolute Gasteiger partial charge is 0.466 e. The zero-order chi connectivity index (χ0) is 29.0. The Labute approximate surface area is 236 Å². The zero-order valence-electron chi connectivity index (χ0n) is 23.8. The summed E-state index contributed by atoms with van der Waals surface area (Å²) in [7, 11) is 0. The Morgan fingerprint density at radius 2 is 1.95 bits per heavy atom. The molecule has 1 fully saturated rings. The first-order chi connectivity index (χ1) is 18.5. The van der Waals surface area contributed by atoms with E-state index in [1.807, 2.05) is 24.5 Å². The highest BCUT2D eigenvalue weighted by molar-refractivity contribution is 7.98. The molecule has 0 aliphatic heterocycles. The van der Waals surface area contributed by atoms with E-state index in [1.54, 1.807) is 56.5 Å². The maximum Gasteiger partial charge on any atom is 0.408 e. The Hall–Kier alpha value is -3.01. The first-order valence-corrected chi connectivity index (χ1v) is 14.9. The number of amides is 3. The fourth-order valence-electron chi connectivity index (χ4n) is 4.22. The molecule has 0 bridgehead atoms. The lowest BCUT2D eigenvalue weighted by atomic mass is 9.87. The van der Waals surface area contributed by atoms with E-state index in [-0.39, 0.29) is 31.5 Å². The summed E-state index contributed by atoms with van der Waals surface area (Å²) in [6.07, 6.45) is 5.77. The minimum atomic E-state index is -0.956. The van der Waals surface area contributed by atoms with Gasteiger partial charge < -0.3 is 25.0 Å². The number of nitrogens with one attached hydrogen (secondary N) is 2. The highest BCUT2D eigenvalue weighted by atomic mass is 32.2. The van der Waals surface area contributed by atoms with Gasteiger partial charge in [-0.1, -0.05) is 30.9 Å². The van der Waals surface area contributed by atoms with Gasteiger partial charge in [-0.2, -0.15) is 11.8 Å². The number of nitrogens with zero attached hydrogens (tertiary/aromatic N) is 1. The molecule has 216 valence electrons. The first kappa shape index (κ1) is 32.2. The third-order valence-corrected chi connectivity index (χ3v) is 6.89. The van der Waals surface area contributed by atoms with Crippen LogP contribution in [0.25, 0.3) is 6.08 Å². The van der Waals surface area contributed by atoms with Gasteiger partial charge in [-0.15, -0.1) is 0 Å². The molecule has 1 aliphatic carbocycles. The smallest absolute Gasteiger partial charge is 0.408 e. The molecule has 2 atom stereocenters. The van der Waals surface area contributed by atoms with Crippen molar-refractivity contribution in [2.75, 3.05) is 25.2 Å². The number of hydrogen-bond donors (Lipinski definition) is 2. The average Bonchev–Trinajstić information content (AvgIpc) is 2.83. The minimum absolute atomic E-state index is 0.0208. The highest BCUT2D eigenvalue weighted by Crippen LogP contribution is 2.34. The molecule has 9 nitrogen and oxygen atoms in total. The molecule has 1 saturated carbocycles. The van der Waals surface area contributed by atoms with E-state index in [1.165, 1.54) is 0 Å². The van der Waals surface area contributed by atoms with E-state index in [9.17, 15) is 19.2 Å². The molecule has 3 amide bonds. The van der Waals surface area contributed by atoms with Crippen molar-refractivity contribution >= 4 is 41.7 Å². The SMILES string of the molecule is C=Cc1cccc(C(C(=O)NCCC(=O)OCC)N(C(=O)C(CCSC)NC(=O)OC(C)(C)C)C2CCC2)c1. The van der Waals surface area contributed by atoms with Gasteiger partial charge in [0, 0.05) is 12.6 Å². The van der Waals surface area contributed by atoms with Gasteiger partial charge in [-0.05, 0) is 82.6 Å².